The highest BCUT2D eigenvalue weighted by Crippen LogP contribution is 2.21. The minimum Gasteiger partial charge on any atom is -0.326 e. The molecule has 0 spiro atoms. The maximum absolute atomic E-state index is 12.8. The molecular weight excluding hydrogens is 392 g/mol. The van der Waals surface area contributed by atoms with Gasteiger partial charge in [0.2, 0.25) is 11.7 Å². The number of likely N-dealkylation sites (tertiary alicyclic amines) is 1. The summed E-state index contributed by atoms with van der Waals surface area (Å²) in [5, 5.41) is 12.3. The Labute approximate surface area is 179 Å². The third-order valence-electron chi connectivity index (χ3n) is 5.98. The maximum atomic E-state index is 12.8. The van der Waals surface area contributed by atoms with Crippen LogP contribution in [0.15, 0.2) is 59.4 Å². The normalized spacial score (nSPS) is 17.3. The number of piperidine rings is 1. The van der Waals surface area contributed by atoms with E-state index in [0.29, 0.717) is 24.3 Å². The lowest BCUT2D eigenvalue weighted by Gasteiger charge is -2.31. The smallest absolute Gasteiger partial charge is 0.262 e. The second-order valence-electron chi connectivity index (χ2n) is 8.06. The van der Waals surface area contributed by atoms with E-state index in [0.717, 1.165) is 36.4 Å². The number of fused-ring (bicyclic) bond motifs is 3. The van der Waals surface area contributed by atoms with E-state index in [1.165, 1.54) is 4.57 Å². The molecule has 8 nitrogen and oxygen atoms in total. The van der Waals surface area contributed by atoms with Gasteiger partial charge in [-0.25, -0.2) is 0 Å². The van der Waals surface area contributed by atoms with Gasteiger partial charge in [0.05, 0.1) is 23.4 Å². The molecule has 0 saturated carbocycles. The monoisotopic (exact) mass is 416 g/mol. The standard InChI is InChI=1S/C23H24N6O2/c1-27-22(31)18-11-5-6-12-19(18)29-20(25-26-23(27)29)15-28-13-7-8-16(14-28)21(30)24-17-9-3-2-4-10-17/h2-6,9-12,16H,7-8,13-15H2,1H3,(H,24,30). The number of hydrogen-bond acceptors (Lipinski definition) is 5. The van der Waals surface area contributed by atoms with Crippen molar-refractivity contribution in [3.05, 3.63) is 70.8 Å². The van der Waals surface area contributed by atoms with Crippen LogP contribution in [-0.4, -0.2) is 43.1 Å². The second kappa shape index (κ2) is 7.96. The Balaban J connectivity index is 1.40. The Morgan fingerprint density at radius 2 is 1.87 bits per heavy atom. The Morgan fingerprint density at radius 1 is 1.10 bits per heavy atom. The third kappa shape index (κ3) is 3.59. The van der Waals surface area contributed by atoms with Gasteiger partial charge in [-0.05, 0) is 43.7 Å². The van der Waals surface area contributed by atoms with Crippen LogP contribution in [-0.2, 0) is 18.4 Å². The zero-order valence-electron chi connectivity index (χ0n) is 17.4. The number of aryl methyl sites for hydroxylation is 1. The van der Waals surface area contributed by atoms with E-state index in [-0.39, 0.29) is 17.4 Å². The van der Waals surface area contributed by atoms with Gasteiger partial charge in [-0.1, -0.05) is 30.3 Å². The molecule has 31 heavy (non-hydrogen) atoms. The minimum absolute atomic E-state index is 0.0508. The molecule has 5 rings (SSSR count). The third-order valence-corrected chi connectivity index (χ3v) is 5.98. The quantitative estimate of drug-likeness (QED) is 0.552. The van der Waals surface area contributed by atoms with Gasteiger partial charge in [0.25, 0.3) is 5.56 Å². The SMILES string of the molecule is Cn1c(=O)c2ccccc2n2c(CN3CCCC(C(=O)Nc4ccccc4)C3)nnc12. The van der Waals surface area contributed by atoms with Crippen molar-refractivity contribution in [3.63, 3.8) is 0 Å². The highest BCUT2D eigenvalue weighted by atomic mass is 16.2. The molecule has 1 atom stereocenters. The lowest BCUT2D eigenvalue weighted by molar-refractivity contribution is -0.121. The number of hydrogen-bond donors (Lipinski definition) is 1. The van der Waals surface area contributed by atoms with Gasteiger partial charge >= 0.3 is 0 Å². The highest BCUT2D eigenvalue weighted by Gasteiger charge is 2.27. The lowest BCUT2D eigenvalue weighted by atomic mass is 9.97. The predicted molar refractivity (Wildman–Crippen MR) is 119 cm³/mol. The van der Waals surface area contributed by atoms with Gasteiger partial charge in [0.1, 0.15) is 0 Å². The van der Waals surface area contributed by atoms with Crippen molar-refractivity contribution in [2.75, 3.05) is 18.4 Å². The summed E-state index contributed by atoms with van der Waals surface area (Å²) in [7, 11) is 1.72. The maximum Gasteiger partial charge on any atom is 0.262 e. The van der Waals surface area contributed by atoms with E-state index >= 15 is 0 Å². The molecule has 1 unspecified atom stereocenters. The molecule has 4 aromatic rings. The van der Waals surface area contributed by atoms with Crippen molar-refractivity contribution < 1.29 is 4.79 Å². The second-order valence-corrected chi connectivity index (χ2v) is 8.06. The van der Waals surface area contributed by atoms with Crippen LogP contribution in [0, 0.1) is 5.92 Å². The van der Waals surface area contributed by atoms with E-state index in [1.807, 2.05) is 59.0 Å². The first-order valence-corrected chi connectivity index (χ1v) is 10.5. The average molecular weight is 416 g/mol. The fourth-order valence-electron chi connectivity index (χ4n) is 4.37. The molecule has 0 aliphatic carbocycles. The molecule has 0 bridgehead atoms. The van der Waals surface area contributed by atoms with E-state index in [9.17, 15) is 9.59 Å². The summed E-state index contributed by atoms with van der Waals surface area (Å²) in [4.78, 5) is 27.7. The zero-order valence-corrected chi connectivity index (χ0v) is 17.4. The molecular formula is C23H24N6O2. The van der Waals surface area contributed by atoms with Crippen LogP contribution in [0.4, 0.5) is 5.69 Å². The van der Waals surface area contributed by atoms with Crippen LogP contribution < -0.4 is 10.9 Å². The van der Waals surface area contributed by atoms with Crippen molar-refractivity contribution in [3.8, 4) is 0 Å². The molecule has 8 heteroatoms. The molecule has 1 aliphatic rings. The first-order chi connectivity index (χ1) is 15.1. The van der Waals surface area contributed by atoms with Crippen molar-refractivity contribution in [1.29, 1.82) is 0 Å². The Hall–Kier alpha value is -3.52. The molecule has 3 heterocycles. The number of rotatable bonds is 4. The van der Waals surface area contributed by atoms with Crippen LogP contribution in [0.2, 0.25) is 0 Å². The topological polar surface area (TPSA) is 84.5 Å². The van der Waals surface area contributed by atoms with E-state index < -0.39 is 0 Å². The fraction of sp³-hybridized carbons (Fsp3) is 0.304. The first-order valence-electron chi connectivity index (χ1n) is 10.5. The number of benzene rings is 2. The Kier molecular flexibility index (Phi) is 4.99. The van der Waals surface area contributed by atoms with Gasteiger partial charge < -0.3 is 5.32 Å². The molecule has 1 amide bonds. The highest BCUT2D eigenvalue weighted by molar-refractivity contribution is 5.92. The van der Waals surface area contributed by atoms with Gasteiger partial charge in [-0.15, -0.1) is 10.2 Å². The molecule has 0 radical (unpaired) electrons. The Bertz CT molecular complexity index is 1310. The molecule has 158 valence electrons. The summed E-state index contributed by atoms with van der Waals surface area (Å²) in [6, 6.07) is 17.1. The minimum atomic E-state index is -0.0855. The van der Waals surface area contributed by atoms with Crippen molar-refractivity contribution >= 4 is 28.3 Å². The van der Waals surface area contributed by atoms with Crippen molar-refractivity contribution in [2.45, 2.75) is 19.4 Å². The fourth-order valence-corrected chi connectivity index (χ4v) is 4.37. The van der Waals surface area contributed by atoms with E-state index in [4.69, 9.17) is 0 Å². The number of anilines is 1. The molecule has 1 aliphatic heterocycles. The van der Waals surface area contributed by atoms with Crippen LogP contribution >= 0.6 is 0 Å². The summed E-state index contributed by atoms with van der Waals surface area (Å²) in [6.45, 7) is 2.13. The summed E-state index contributed by atoms with van der Waals surface area (Å²) in [5.74, 6) is 1.27. The van der Waals surface area contributed by atoms with Gasteiger partial charge in [0.15, 0.2) is 5.82 Å². The number of nitrogens with one attached hydrogen (secondary N) is 1. The number of nitrogens with zero attached hydrogens (tertiary/aromatic N) is 5. The van der Waals surface area contributed by atoms with Crippen LogP contribution in [0.1, 0.15) is 18.7 Å². The van der Waals surface area contributed by atoms with E-state index in [2.05, 4.69) is 20.4 Å². The van der Waals surface area contributed by atoms with Gasteiger partial charge in [-0.3, -0.25) is 23.5 Å². The molecule has 2 aromatic carbocycles. The molecule has 2 aromatic heterocycles. The average Bonchev–Trinajstić information content (AvgIpc) is 3.22. The van der Waals surface area contributed by atoms with E-state index in [1.54, 1.807) is 7.05 Å². The lowest BCUT2D eigenvalue weighted by Crippen LogP contribution is -2.40. The number of amides is 1. The van der Waals surface area contributed by atoms with Crippen molar-refractivity contribution in [2.24, 2.45) is 13.0 Å². The largest absolute Gasteiger partial charge is 0.326 e. The first kappa shape index (κ1) is 19.4. The molecule has 1 N–H and O–H groups in total. The summed E-state index contributed by atoms with van der Waals surface area (Å²) in [5.41, 5.74) is 1.54. The van der Waals surface area contributed by atoms with Gasteiger partial charge in [0, 0.05) is 19.3 Å². The molecule has 1 fully saturated rings. The summed E-state index contributed by atoms with van der Waals surface area (Å²) in [6.07, 6.45) is 1.82. The van der Waals surface area contributed by atoms with Gasteiger partial charge in [-0.2, -0.15) is 0 Å². The van der Waals surface area contributed by atoms with Crippen LogP contribution in [0.25, 0.3) is 16.7 Å². The Morgan fingerprint density at radius 3 is 2.71 bits per heavy atom. The predicted octanol–water partition coefficient (Wildman–Crippen LogP) is 2.43. The zero-order chi connectivity index (χ0) is 21.4. The van der Waals surface area contributed by atoms with Crippen LogP contribution in [0.5, 0.6) is 0 Å². The number of aromatic nitrogens is 4. The van der Waals surface area contributed by atoms with Crippen molar-refractivity contribution in [1.82, 2.24) is 24.1 Å². The molecule has 1 saturated heterocycles. The summed E-state index contributed by atoms with van der Waals surface area (Å²) >= 11 is 0. The number of para-hydroxylation sites is 2. The number of carbonyl (C=O) groups excluding carboxylic acids is 1. The van der Waals surface area contributed by atoms with Crippen LogP contribution in [0.3, 0.4) is 0 Å². The summed E-state index contributed by atoms with van der Waals surface area (Å²) < 4.78 is 3.48. The number of carbonyl (C=O) groups is 1.